The number of fused-ring (bicyclic) bond motifs is 1. The molecular formula is C16H15NO4. The third-order valence-electron chi connectivity index (χ3n) is 3.74. The molecule has 2 aromatic rings. The minimum atomic E-state index is -0.638. The summed E-state index contributed by atoms with van der Waals surface area (Å²) in [5.74, 6) is 0.171. The standard InChI is InChI=1S/C16H15NO4/c18-14-8-4-7-12-13(14)9-15(11-5-2-1-3-6-11)21-16(12)10-17(19)20/h1-8,15-16,18H,9-10H2/t15-,16-/m0/s1. The van der Waals surface area contributed by atoms with Crippen molar-refractivity contribution in [2.24, 2.45) is 0 Å². The number of hydrogen-bond acceptors (Lipinski definition) is 4. The molecule has 5 heteroatoms. The highest BCUT2D eigenvalue weighted by atomic mass is 16.6. The van der Waals surface area contributed by atoms with E-state index in [0.29, 0.717) is 12.0 Å². The summed E-state index contributed by atoms with van der Waals surface area (Å²) in [6.45, 7) is -0.306. The molecule has 0 aromatic heterocycles. The van der Waals surface area contributed by atoms with Crippen molar-refractivity contribution in [2.45, 2.75) is 18.6 Å². The molecule has 0 spiro atoms. The molecule has 5 nitrogen and oxygen atoms in total. The summed E-state index contributed by atoms with van der Waals surface area (Å²) >= 11 is 0. The van der Waals surface area contributed by atoms with E-state index in [1.165, 1.54) is 0 Å². The van der Waals surface area contributed by atoms with E-state index in [0.717, 1.165) is 11.1 Å². The van der Waals surface area contributed by atoms with Crippen molar-refractivity contribution in [3.8, 4) is 5.75 Å². The largest absolute Gasteiger partial charge is 0.508 e. The van der Waals surface area contributed by atoms with Crippen molar-refractivity contribution in [1.29, 1.82) is 0 Å². The van der Waals surface area contributed by atoms with Gasteiger partial charge >= 0.3 is 0 Å². The van der Waals surface area contributed by atoms with Gasteiger partial charge in [-0.2, -0.15) is 0 Å². The van der Waals surface area contributed by atoms with Crippen LogP contribution in [0.15, 0.2) is 48.5 Å². The van der Waals surface area contributed by atoms with Crippen LogP contribution in [0.3, 0.4) is 0 Å². The van der Waals surface area contributed by atoms with E-state index in [-0.39, 0.29) is 23.3 Å². The fraction of sp³-hybridized carbons (Fsp3) is 0.250. The summed E-state index contributed by atoms with van der Waals surface area (Å²) in [6, 6.07) is 14.7. The minimum Gasteiger partial charge on any atom is -0.508 e. The molecule has 21 heavy (non-hydrogen) atoms. The summed E-state index contributed by atoms with van der Waals surface area (Å²) < 4.78 is 5.91. The van der Waals surface area contributed by atoms with Crippen molar-refractivity contribution in [3.05, 3.63) is 75.3 Å². The summed E-state index contributed by atoms with van der Waals surface area (Å²) in [5.41, 5.74) is 2.41. The van der Waals surface area contributed by atoms with Gasteiger partial charge in [0.05, 0.1) is 6.10 Å². The number of benzene rings is 2. The summed E-state index contributed by atoms with van der Waals surface area (Å²) in [6.07, 6.45) is -0.404. The molecule has 0 saturated heterocycles. The molecule has 0 bridgehead atoms. The van der Waals surface area contributed by atoms with Crippen LogP contribution in [0, 0.1) is 10.1 Å². The van der Waals surface area contributed by atoms with Crippen molar-refractivity contribution >= 4 is 0 Å². The molecule has 1 aliphatic rings. The Morgan fingerprint density at radius 2 is 1.95 bits per heavy atom. The number of phenolic OH excluding ortho intramolecular Hbond substituents is 1. The lowest BCUT2D eigenvalue weighted by molar-refractivity contribution is -0.494. The quantitative estimate of drug-likeness (QED) is 0.695. The predicted molar refractivity (Wildman–Crippen MR) is 76.7 cm³/mol. The van der Waals surface area contributed by atoms with Gasteiger partial charge in [-0.05, 0) is 17.2 Å². The topological polar surface area (TPSA) is 72.6 Å². The number of rotatable bonds is 3. The first-order valence-corrected chi connectivity index (χ1v) is 6.78. The Morgan fingerprint density at radius 1 is 1.19 bits per heavy atom. The number of hydrogen-bond donors (Lipinski definition) is 1. The van der Waals surface area contributed by atoms with Gasteiger partial charge < -0.3 is 9.84 Å². The molecule has 1 N–H and O–H groups in total. The normalized spacial score (nSPS) is 20.8. The molecule has 1 heterocycles. The average molecular weight is 285 g/mol. The maximum absolute atomic E-state index is 10.9. The smallest absolute Gasteiger partial charge is 0.233 e. The fourth-order valence-corrected chi connectivity index (χ4v) is 2.76. The van der Waals surface area contributed by atoms with Gasteiger partial charge in [0.25, 0.3) is 0 Å². The number of nitro groups is 1. The summed E-state index contributed by atoms with van der Waals surface area (Å²) in [7, 11) is 0. The molecule has 0 unspecified atom stereocenters. The highest BCUT2D eigenvalue weighted by Gasteiger charge is 2.32. The van der Waals surface area contributed by atoms with Crippen LogP contribution in [-0.2, 0) is 11.2 Å². The molecule has 108 valence electrons. The van der Waals surface area contributed by atoms with Gasteiger partial charge in [0.15, 0.2) is 0 Å². The molecule has 0 amide bonds. The SMILES string of the molecule is O=[N+]([O-])C[C@@H]1O[C@H](c2ccccc2)Cc2c(O)cccc21. The fourth-order valence-electron chi connectivity index (χ4n) is 2.76. The third kappa shape index (κ3) is 2.73. The van der Waals surface area contributed by atoms with Gasteiger partial charge in [-0.15, -0.1) is 0 Å². The van der Waals surface area contributed by atoms with Crippen LogP contribution in [0.1, 0.15) is 28.9 Å². The second-order valence-electron chi connectivity index (χ2n) is 5.09. The second-order valence-corrected chi connectivity index (χ2v) is 5.09. The van der Waals surface area contributed by atoms with E-state index < -0.39 is 6.10 Å². The Labute approximate surface area is 122 Å². The monoisotopic (exact) mass is 285 g/mol. The lowest BCUT2D eigenvalue weighted by Gasteiger charge is -2.31. The highest BCUT2D eigenvalue weighted by molar-refractivity contribution is 5.43. The number of nitrogens with zero attached hydrogens (tertiary/aromatic N) is 1. The number of ether oxygens (including phenoxy) is 1. The van der Waals surface area contributed by atoms with E-state index in [2.05, 4.69) is 0 Å². The van der Waals surface area contributed by atoms with Crippen LogP contribution < -0.4 is 0 Å². The van der Waals surface area contributed by atoms with Gasteiger partial charge in [-0.25, -0.2) is 0 Å². The molecule has 0 radical (unpaired) electrons. The van der Waals surface area contributed by atoms with Crippen molar-refractivity contribution in [2.75, 3.05) is 6.54 Å². The molecule has 2 aromatic carbocycles. The van der Waals surface area contributed by atoms with Crippen LogP contribution in [0.4, 0.5) is 0 Å². The van der Waals surface area contributed by atoms with Crippen molar-refractivity contribution in [3.63, 3.8) is 0 Å². The lowest BCUT2D eigenvalue weighted by Crippen LogP contribution is -2.25. The van der Waals surface area contributed by atoms with Crippen LogP contribution in [-0.4, -0.2) is 16.6 Å². The van der Waals surface area contributed by atoms with Gasteiger partial charge in [-0.1, -0.05) is 42.5 Å². The van der Waals surface area contributed by atoms with Gasteiger partial charge in [-0.3, -0.25) is 10.1 Å². The zero-order valence-corrected chi connectivity index (χ0v) is 11.3. The minimum absolute atomic E-state index is 0.171. The van der Waals surface area contributed by atoms with E-state index in [1.54, 1.807) is 18.2 Å². The molecular weight excluding hydrogens is 270 g/mol. The number of aromatic hydroxyl groups is 1. The van der Waals surface area contributed by atoms with Gasteiger partial charge in [0.1, 0.15) is 11.9 Å². The van der Waals surface area contributed by atoms with Gasteiger partial charge in [0.2, 0.25) is 6.54 Å². The first kappa shape index (κ1) is 13.6. The summed E-state index contributed by atoms with van der Waals surface area (Å²) in [5, 5.41) is 20.9. The average Bonchev–Trinajstić information content (AvgIpc) is 2.48. The molecule has 2 atom stereocenters. The molecule has 3 rings (SSSR count). The van der Waals surface area contributed by atoms with Crippen LogP contribution in [0.5, 0.6) is 5.75 Å². The second kappa shape index (κ2) is 5.54. The lowest BCUT2D eigenvalue weighted by atomic mass is 9.90. The zero-order valence-electron chi connectivity index (χ0n) is 11.3. The van der Waals surface area contributed by atoms with Crippen molar-refractivity contribution in [1.82, 2.24) is 0 Å². The van der Waals surface area contributed by atoms with Gasteiger partial charge in [0, 0.05) is 16.9 Å². The maximum Gasteiger partial charge on any atom is 0.233 e. The molecule has 1 aliphatic heterocycles. The van der Waals surface area contributed by atoms with E-state index in [9.17, 15) is 15.2 Å². The van der Waals surface area contributed by atoms with E-state index in [1.807, 2.05) is 30.3 Å². The maximum atomic E-state index is 10.9. The Bertz CT molecular complexity index is 657. The molecule has 0 saturated carbocycles. The Kier molecular flexibility index (Phi) is 3.58. The molecule has 0 aliphatic carbocycles. The van der Waals surface area contributed by atoms with Crippen molar-refractivity contribution < 1.29 is 14.8 Å². The van der Waals surface area contributed by atoms with Crippen LogP contribution >= 0.6 is 0 Å². The zero-order chi connectivity index (χ0) is 14.8. The Hall–Kier alpha value is -2.40. The highest BCUT2D eigenvalue weighted by Crippen LogP contribution is 2.40. The number of phenols is 1. The third-order valence-corrected chi connectivity index (χ3v) is 3.74. The van der Waals surface area contributed by atoms with Crippen LogP contribution in [0.25, 0.3) is 0 Å². The molecule has 0 fully saturated rings. The van der Waals surface area contributed by atoms with E-state index >= 15 is 0 Å². The first-order valence-electron chi connectivity index (χ1n) is 6.78. The summed E-state index contributed by atoms with van der Waals surface area (Å²) in [4.78, 5) is 10.5. The first-order chi connectivity index (χ1) is 10.1. The Balaban J connectivity index is 1.99. The van der Waals surface area contributed by atoms with E-state index in [4.69, 9.17) is 4.74 Å². The predicted octanol–water partition coefficient (Wildman–Crippen LogP) is 3.02. The van der Waals surface area contributed by atoms with Crippen LogP contribution in [0.2, 0.25) is 0 Å². The Morgan fingerprint density at radius 3 is 2.67 bits per heavy atom.